The SMILES string of the molecule is CC1Cc2ccc(CC(=O)O)cc2N1C. The molecule has 0 saturated heterocycles. The van der Waals surface area contributed by atoms with Gasteiger partial charge in [0.05, 0.1) is 6.42 Å². The Hall–Kier alpha value is -1.51. The number of nitrogens with zero attached hydrogens (tertiary/aromatic N) is 1. The summed E-state index contributed by atoms with van der Waals surface area (Å²) in [5, 5.41) is 8.72. The average Bonchev–Trinajstić information content (AvgIpc) is 2.43. The Bertz CT molecular complexity index is 401. The van der Waals surface area contributed by atoms with Crippen LogP contribution in [-0.4, -0.2) is 24.2 Å². The number of carboxylic acids is 1. The average molecular weight is 205 g/mol. The molecule has 1 aromatic rings. The van der Waals surface area contributed by atoms with Crippen molar-refractivity contribution in [2.45, 2.75) is 25.8 Å². The topological polar surface area (TPSA) is 40.5 Å². The summed E-state index contributed by atoms with van der Waals surface area (Å²) < 4.78 is 0. The molecular formula is C12H15NO2. The van der Waals surface area contributed by atoms with Crippen molar-refractivity contribution in [2.75, 3.05) is 11.9 Å². The lowest BCUT2D eigenvalue weighted by Gasteiger charge is -2.18. The van der Waals surface area contributed by atoms with Gasteiger partial charge in [0.15, 0.2) is 0 Å². The van der Waals surface area contributed by atoms with Gasteiger partial charge in [0.1, 0.15) is 0 Å². The number of anilines is 1. The molecule has 3 heteroatoms. The first-order valence-corrected chi connectivity index (χ1v) is 5.14. The van der Waals surface area contributed by atoms with Crippen LogP contribution >= 0.6 is 0 Å². The zero-order valence-electron chi connectivity index (χ0n) is 9.03. The summed E-state index contributed by atoms with van der Waals surface area (Å²) in [4.78, 5) is 12.8. The third-order valence-corrected chi connectivity index (χ3v) is 3.06. The number of likely N-dealkylation sites (N-methyl/N-ethyl adjacent to an activating group) is 1. The van der Waals surface area contributed by atoms with Crippen LogP contribution in [0.25, 0.3) is 0 Å². The third kappa shape index (κ3) is 1.82. The molecule has 0 aliphatic carbocycles. The predicted molar refractivity (Wildman–Crippen MR) is 59.4 cm³/mol. The van der Waals surface area contributed by atoms with Gasteiger partial charge in [0.2, 0.25) is 0 Å². The van der Waals surface area contributed by atoms with Gasteiger partial charge in [0.25, 0.3) is 0 Å². The fourth-order valence-corrected chi connectivity index (χ4v) is 2.09. The van der Waals surface area contributed by atoms with Gasteiger partial charge in [-0.3, -0.25) is 4.79 Å². The third-order valence-electron chi connectivity index (χ3n) is 3.06. The van der Waals surface area contributed by atoms with E-state index in [0.717, 1.165) is 12.0 Å². The van der Waals surface area contributed by atoms with E-state index >= 15 is 0 Å². The highest BCUT2D eigenvalue weighted by Gasteiger charge is 2.22. The molecule has 0 aromatic heterocycles. The summed E-state index contributed by atoms with van der Waals surface area (Å²) in [6, 6.07) is 6.47. The highest BCUT2D eigenvalue weighted by atomic mass is 16.4. The monoisotopic (exact) mass is 205 g/mol. The maximum absolute atomic E-state index is 10.6. The first kappa shape index (κ1) is 10.0. The number of carbonyl (C=O) groups is 1. The van der Waals surface area contributed by atoms with Crippen molar-refractivity contribution >= 4 is 11.7 Å². The Morgan fingerprint density at radius 2 is 2.33 bits per heavy atom. The Balaban J connectivity index is 2.31. The van der Waals surface area contributed by atoms with Crippen molar-refractivity contribution in [1.82, 2.24) is 0 Å². The lowest BCUT2D eigenvalue weighted by molar-refractivity contribution is -0.136. The maximum atomic E-state index is 10.6. The van der Waals surface area contributed by atoms with Gasteiger partial charge < -0.3 is 10.0 Å². The summed E-state index contributed by atoms with van der Waals surface area (Å²) in [6.45, 7) is 2.18. The van der Waals surface area contributed by atoms with Gasteiger partial charge in [-0.15, -0.1) is 0 Å². The summed E-state index contributed by atoms with van der Waals surface area (Å²) in [7, 11) is 2.06. The highest BCUT2D eigenvalue weighted by molar-refractivity contribution is 5.71. The van der Waals surface area contributed by atoms with E-state index in [1.807, 2.05) is 18.2 Å². The Labute approximate surface area is 89.3 Å². The molecule has 1 aliphatic rings. The number of rotatable bonds is 2. The number of aliphatic carboxylic acids is 1. The molecule has 0 bridgehead atoms. The second-order valence-electron chi connectivity index (χ2n) is 4.20. The molecule has 0 fully saturated rings. The number of benzene rings is 1. The fraction of sp³-hybridized carbons (Fsp3) is 0.417. The maximum Gasteiger partial charge on any atom is 0.307 e. The van der Waals surface area contributed by atoms with Gasteiger partial charge >= 0.3 is 5.97 Å². The minimum atomic E-state index is -0.774. The van der Waals surface area contributed by atoms with Crippen LogP contribution in [0, 0.1) is 0 Å². The first-order valence-electron chi connectivity index (χ1n) is 5.14. The van der Waals surface area contributed by atoms with Crippen molar-refractivity contribution < 1.29 is 9.90 Å². The predicted octanol–water partition coefficient (Wildman–Crippen LogP) is 1.69. The number of hydrogen-bond acceptors (Lipinski definition) is 2. The first-order chi connectivity index (χ1) is 7.08. The second kappa shape index (κ2) is 3.57. The summed E-state index contributed by atoms with van der Waals surface area (Å²) in [6.07, 6.45) is 1.16. The summed E-state index contributed by atoms with van der Waals surface area (Å²) in [5.74, 6) is -0.774. The van der Waals surface area contributed by atoms with E-state index in [-0.39, 0.29) is 6.42 Å². The number of fused-ring (bicyclic) bond motifs is 1. The molecule has 0 radical (unpaired) electrons. The van der Waals surface area contributed by atoms with E-state index in [0.29, 0.717) is 6.04 Å². The Kier molecular flexibility index (Phi) is 2.39. The van der Waals surface area contributed by atoms with Crippen LogP contribution < -0.4 is 4.90 Å². The molecule has 2 rings (SSSR count). The number of carboxylic acid groups (broad SMARTS) is 1. The van der Waals surface area contributed by atoms with Crippen LogP contribution in [0.5, 0.6) is 0 Å². The highest BCUT2D eigenvalue weighted by Crippen LogP contribution is 2.31. The lowest BCUT2D eigenvalue weighted by Crippen LogP contribution is -2.23. The van der Waals surface area contributed by atoms with Crippen molar-refractivity contribution in [3.05, 3.63) is 29.3 Å². The van der Waals surface area contributed by atoms with E-state index in [4.69, 9.17) is 5.11 Å². The summed E-state index contributed by atoms with van der Waals surface area (Å²) >= 11 is 0. The molecule has 1 unspecified atom stereocenters. The van der Waals surface area contributed by atoms with E-state index in [9.17, 15) is 4.79 Å². The summed E-state index contributed by atoms with van der Waals surface area (Å²) in [5.41, 5.74) is 3.38. The quantitative estimate of drug-likeness (QED) is 0.798. The molecule has 1 heterocycles. The van der Waals surface area contributed by atoms with Crippen molar-refractivity contribution in [3.8, 4) is 0 Å². The van der Waals surface area contributed by atoms with Gasteiger partial charge in [-0.25, -0.2) is 0 Å². The van der Waals surface area contributed by atoms with Crippen LogP contribution in [0.1, 0.15) is 18.1 Å². The molecule has 15 heavy (non-hydrogen) atoms. The smallest absolute Gasteiger partial charge is 0.307 e. The van der Waals surface area contributed by atoms with E-state index in [1.165, 1.54) is 11.3 Å². The van der Waals surface area contributed by atoms with Crippen LogP contribution in [0.15, 0.2) is 18.2 Å². The molecule has 3 nitrogen and oxygen atoms in total. The van der Waals surface area contributed by atoms with E-state index in [1.54, 1.807) is 0 Å². The molecule has 0 spiro atoms. The Morgan fingerprint density at radius 3 is 3.00 bits per heavy atom. The fourth-order valence-electron chi connectivity index (χ4n) is 2.09. The van der Waals surface area contributed by atoms with Crippen LogP contribution in [-0.2, 0) is 17.6 Å². The lowest BCUT2D eigenvalue weighted by atomic mass is 10.1. The van der Waals surface area contributed by atoms with E-state index < -0.39 is 5.97 Å². The van der Waals surface area contributed by atoms with Gasteiger partial charge in [-0.2, -0.15) is 0 Å². The van der Waals surface area contributed by atoms with Crippen molar-refractivity contribution in [2.24, 2.45) is 0 Å². The largest absolute Gasteiger partial charge is 0.481 e. The minimum Gasteiger partial charge on any atom is -0.481 e. The molecule has 0 saturated carbocycles. The van der Waals surface area contributed by atoms with Gasteiger partial charge in [-0.05, 0) is 30.5 Å². The van der Waals surface area contributed by atoms with Crippen LogP contribution in [0.2, 0.25) is 0 Å². The zero-order chi connectivity index (χ0) is 11.0. The molecule has 0 amide bonds. The molecule has 1 N–H and O–H groups in total. The molecule has 1 aromatic carbocycles. The molecule has 80 valence electrons. The molecule has 1 aliphatic heterocycles. The normalized spacial score (nSPS) is 19.1. The zero-order valence-corrected chi connectivity index (χ0v) is 9.03. The van der Waals surface area contributed by atoms with E-state index in [2.05, 4.69) is 18.9 Å². The Morgan fingerprint density at radius 1 is 1.60 bits per heavy atom. The van der Waals surface area contributed by atoms with Crippen molar-refractivity contribution in [3.63, 3.8) is 0 Å². The van der Waals surface area contributed by atoms with Crippen LogP contribution in [0.4, 0.5) is 5.69 Å². The standard InChI is InChI=1S/C12H15NO2/c1-8-5-10-4-3-9(7-12(14)15)6-11(10)13(8)2/h3-4,6,8H,5,7H2,1-2H3,(H,14,15). The van der Waals surface area contributed by atoms with Gasteiger partial charge in [0, 0.05) is 18.8 Å². The van der Waals surface area contributed by atoms with Crippen molar-refractivity contribution in [1.29, 1.82) is 0 Å². The molecule has 1 atom stereocenters. The minimum absolute atomic E-state index is 0.107. The number of hydrogen-bond donors (Lipinski definition) is 1. The molecular weight excluding hydrogens is 190 g/mol. The van der Waals surface area contributed by atoms with Gasteiger partial charge in [-0.1, -0.05) is 12.1 Å². The van der Waals surface area contributed by atoms with Crippen LogP contribution in [0.3, 0.4) is 0 Å². The second-order valence-corrected chi connectivity index (χ2v) is 4.20.